The Morgan fingerprint density at radius 1 is 1.37 bits per heavy atom. The third kappa shape index (κ3) is 2.05. The third-order valence-electron chi connectivity index (χ3n) is 3.24. The summed E-state index contributed by atoms with van der Waals surface area (Å²) in [5.41, 5.74) is 8.79. The average molecular weight is 262 g/mol. The molecule has 0 aliphatic heterocycles. The molecule has 0 spiro atoms. The van der Waals surface area contributed by atoms with Crippen LogP contribution >= 0.6 is 0 Å². The Kier molecular flexibility index (Phi) is 3.25. The van der Waals surface area contributed by atoms with Gasteiger partial charge in [-0.25, -0.2) is 9.07 Å². The van der Waals surface area contributed by atoms with Gasteiger partial charge >= 0.3 is 0 Å². The topological polar surface area (TPSA) is 76.4 Å². The fraction of sp³-hybridized carbons (Fsp3) is 0.231. The van der Waals surface area contributed by atoms with E-state index in [1.54, 1.807) is 16.8 Å². The van der Waals surface area contributed by atoms with Gasteiger partial charge in [-0.15, -0.1) is 0 Å². The van der Waals surface area contributed by atoms with Crippen molar-refractivity contribution in [2.45, 2.75) is 20.8 Å². The molecule has 100 valence electrons. The highest BCUT2D eigenvalue weighted by molar-refractivity contribution is 6.00. The summed E-state index contributed by atoms with van der Waals surface area (Å²) in [5.74, 6) is -0.837. The van der Waals surface area contributed by atoms with Crippen molar-refractivity contribution in [2.24, 2.45) is 10.9 Å². The average Bonchev–Trinajstić information content (AvgIpc) is 2.65. The van der Waals surface area contributed by atoms with Gasteiger partial charge in [-0.1, -0.05) is 11.2 Å². The molecule has 6 heteroatoms. The first kappa shape index (κ1) is 13.1. The first-order valence-electron chi connectivity index (χ1n) is 5.77. The van der Waals surface area contributed by atoms with E-state index in [1.165, 1.54) is 6.07 Å². The molecule has 1 aromatic heterocycles. The normalized spacial score (nSPS) is 11.9. The SMILES string of the molecule is Cc1nn(-c2cccc(F)c2C(N)=NO)c(C)c1C. The lowest BCUT2D eigenvalue weighted by molar-refractivity contribution is 0.318. The second-order valence-corrected chi connectivity index (χ2v) is 4.33. The van der Waals surface area contributed by atoms with Crippen LogP contribution in [-0.4, -0.2) is 20.8 Å². The van der Waals surface area contributed by atoms with Gasteiger partial charge in [0.25, 0.3) is 0 Å². The van der Waals surface area contributed by atoms with Gasteiger partial charge in [-0.3, -0.25) is 0 Å². The van der Waals surface area contributed by atoms with Crippen molar-refractivity contribution in [2.75, 3.05) is 0 Å². The monoisotopic (exact) mass is 262 g/mol. The van der Waals surface area contributed by atoms with Crippen LogP contribution in [0.25, 0.3) is 5.69 Å². The predicted octanol–water partition coefficient (Wildman–Crippen LogP) is 2.03. The zero-order valence-corrected chi connectivity index (χ0v) is 11.0. The number of nitrogens with zero attached hydrogens (tertiary/aromatic N) is 3. The first-order chi connectivity index (χ1) is 8.97. The van der Waals surface area contributed by atoms with Crippen LogP contribution in [0.2, 0.25) is 0 Å². The van der Waals surface area contributed by atoms with Crippen molar-refractivity contribution >= 4 is 5.84 Å². The minimum Gasteiger partial charge on any atom is -0.409 e. The molecular weight excluding hydrogens is 247 g/mol. The number of aromatic nitrogens is 2. The second-order valence-electron chi connectivity index (χ2n) is 4.33. The number of benzene rings is 1. The maximum Gasteiger partial charge on any atom is 0.175 e. The summed E-state index contributed by atoms with van der Waals surface area (Å²) in [4.78, 5) is 0. The second kappa shape index (κ2) is 4.72. The number of hydrogen-bond donors (Lipinski definition) is 2. The number of rotatable bonds is 2. The maximum absolute atomic E-state index is 13.9. The molecule has 2 aromatic rings. The van der Waals surface area contributed by atoms with E-state index in [-0.39, 0.29) is 11.4 Å². The Bertz CT molecular complexity index is 661. The van der Waals surface area contributed by atoms with Gasteiger partial charge in [0, 0.05) is 5.69 Å². The zero-order chi connectivity index (χ0) is 14.2. The van der Waals surface area contributed by atoms with Gasteiger partial charge in [0.15, 0.2) is 5.84 Å². The fourth-order valence-electron chi connectivity index (χ4n) is 1.95. The van der Waals surface area contributed by atoms with E-state index in [4.69, 9.17) is 10.9 Å². The molecule has 0 atom stereocenters. The molecule has 0 radical (unpaired) electrons. The molecule has 0 amide bonds. The summed E-state index contributed by atoms with van der Waals surface area (Å²) < 4.78 is 15.5. The van der Waals surface area contributed by atoms with Crippen LogP contribution in [-0.2, 0) is 0 Å². The van der Waals surface area contributed by atoms with Crippen molar-refractivity contribution in [3.8, 4) is 5.69 Å². The van der Waals surface area contributed by atoms with Crippen LogP contribution in [0.4, 0.5) is 4.39 Å². The van der Waals surface area contributed by atoms with E-state index in [2.05, 4.69) is 10.3 Å². The summed E-state index contributed by atoms with van der Waals surface area (Å²) in [7, 11) is 0. The molecule has 0 aliphatic rings. The molecule has 0 aliphatic carbocycles. The molecule has 1 heterocycles. The van der Waals surface area contributed by atoms with E-state index < -0.39 is 5.82 Å². The van der Waals surface area contributed by atoms with E-state index in [1.807, 2.05) is 20.8 Å². The summed E-state index contributed by atoms with van der Waals surface area (Å²) in [5, 5.41) is 16.0. The zero-order valence-electron chi connectivity index (χ0n) is 11.0. The molecule has 0 saturated carbocycles. The molecule has 2 rings (SSSR count). The smallest absolute Gasteiger partial charge is 0.175 e. The molecule has 0 bridgehead atoms. The summed E-state index contributed by atoms with van der Waals surface area (Å²) in [6.45, 7) is 5.70. The highest BCUT2D eigenvalue weighted by Gasteiger charge is 2.17. The van der Waals surface area contributed by atoms with Crippen molar-refractivity contribution in [3.63, 3.8) is 0 Å². The largest absolute Gasteiger partial charge is 0.409 e. The lowest BCUT2D eigenvalue weighted by atomic mass is 10.1. The number of aryl methyl sites for hydroxylation is 1. The third-order valence-corrected chi connectivity index (χ3v) is 3.24. The molecule has 0 saturated heterocycles. The predicted molar refractivity (Wildman–Crippen MR) is 70.2 cm³/mol. The maximum atomic E-state index is 13.9. The highest BCUT2D eigenvalue weighted by atomic mass is 19.1. The Hall–Kier alpha value is -2.37. The molecular formula is C13H15FN4O. The Labute approximate surface area is 110 Å². The molecule has 1 aromatic carbocycles. The lowest BCUT2D eigenvalue weighted by Gasteiger charge is -2.11. The van der Waals surface area contributed by atoms with Crippen molar-refractivity contribution in [1.82, 2.24) is 9.78 Å². The Morgan fingerprint density at radius 3 is 2.58 bits per heavy atom. The molecule has 0 unspecified atom stereocenters. The van der Waals surface area contributed by atoms with Gasteiger partial charge in [0.05, 0.1) is 16.9 Å². The Morgan fingerprint density at radius 2 is 2.05 bits per heavy atom. The first-order valence-corrected chi connectivity index (χ1v) is 5.77. The standard InChI is InChI=1S/C13H15FN4O/c1-7-8(2)16-18(9(7)3)11-6-4-5-10(14)12(11)13(15)17-19/h4-6,19H,1-3H3,(H2,15,17). The van der Waals surface area contributed by atoms with Crippen LogP contribution in [0.3, 0.4) is 0 Å². The fourth-order valence-corrected chi connectivity index (χ4v) is 1.95. The highest BCUT2D eigenvalue weighted by Crippen LogP contribution is 2.22. The van der Waals surface area contributed by atoms with Gasteiger partial charge < -0.3 is 10.9 Å². The molecule has 5 nitrogen and oxygen atoms in total. The van der Waals surface area contributed by atoms with Crippen LogP contribution in [0.1, 0.15) is 22.5 Å². The summed E-state index contributed by atoms with van der Waals surface area (Å²) in [6, 6.07) is 4.50. The molecule has 19 heavy (non-hydrogen) atoms. The van der Waals surface area contributed by atoms with Crippen LogP contribution in [0, 0.1) is 26.6 Å². The summed E-state index contributed by atoms with van der Waals surface area (Å²) >= 11 is 0. The minimum atomic E-state index is -0.557. The number of nitrogens with two attached hydrogens (primary N) is 1. The van der Waals surface area contributed by atoms with Crippen molar-refractivity contribution in [1.29, 1.82) is 0 Å². The quantitative estimate of drug-likeness (QED) is 0.376. The van der Waals surface area contributed by atoms with Gasteiger partial charge in [-0.2, -0.15) is 5.10 Å². The van der Waals surface area contributed by atoms with Crippen LogP contribution < -0.4 is 5.73 Å². The number of halogens is 1. The number of hydrogen-bond acceptors (Lipinski definition) is 3. The van der Waals surface area contributed by atoms with Crippen LogP contribution in [0.15, 0.2) is 23.4 Å². The van der Waals surface area contributed by atoms with Gasteiger partial charge in [0.2, 0.25) is 0 Å². The van der Waals surface area contributed by atoms with E-state index in [0.717, 1.165) is 17.0 Å². The minimum absolute atomic E-state index is 0.0376. The van der Waals surface area contributed by atoms with Gasteiger partial charge in [-0.05, 0) is 38.5 Å². The van der Waals surface area contributed by atoms with Gasteiger partial charge in [0.1, 0.15) is 5.82 Å². The lowest BCUT2D eigenvalue weighted by Crippen LogP contribution is -2.19. The van der Waals surface area contributed by atoms with Crippen molar-refractivity contribution < 1.29 is 9.60 Å². The Balaban J connectivity index is 2.76. The molecule has 3 N–H and O–H groups in total. The van der Waals surface area contributed by atoms with E-state index in [0.29, 0.717) is 5.69 Å². The van der Waals surface area contributed by atoms with E-state index in [9.17, 15) is 4.39 Å². The van der Waals surface area contributed by atoms with Crippen LogP contribution in [0.5, 0.6) is 0 Å². The summed E-state index contributed by atoms with van der Waals surface area (Å²) in [6.07, 6.45) is 0. The number of amidine groups is 1. The van der Waals surface area contributed by atoms with E-state index >= 15 is 0 Å². The molecule has 0 fully saturated rings. The number of oxime groups is 1. The van der Waals surface area contributed by atoms with Crippen molar-refractivity contribution in [3.05, 3.63) is 46.5 Å².